The number of benzene rings is 7. The van der Waals surface area contributed by atoms with E-state index in [-0.39, 0.29) is 59.0 Å². The van der Waals surface area contributed by atoms with Gasteiger partial charge in [0.2, 0.25) is 0 Å². The molecule has 402 valence electrons. The molecule has 1 aliphatic heterocycles. The molecule has 0 spiro atoms. The van der Waals surface area contributed by atoms with Crippen LogP contribution in [-0.4, -0.2) is 9.55 Å². The Kier molecular flexibility index (Phi) is 13.4. The van der Waals surface area contributed by atoms with Crippen LogP contribution in [0.1, 0.15) is 143 Å². The molecule has 0 atom stereocenters. The second-order valence-corrected chi connectivity index (χ2v) is 26.1. The standard InChI is InChI=1S/C72H75N4O.Pt/c1-66(2,3)52-40-45-73-64(46-52)76-60-35-19-18-32-56(60)57-39-38-55(48-63(57)76)77-54-31-22-30-53(47-54)74-49-75(62-37-21-20-36-61(62)74)65-58(71(50-26-14-12-15-27-50)67(4,5)41-24-42-68(71,6)7)33-23-34-59(65)72(51-28-16-13-17-29-51)69(8,9)43-25-44-70(72,10)11;/h12-23,26-40,45-46,49H,24-25,41-44H2,1-11H3;/q-3;. The van der Waals surface area contributed by atoms with Gasteiger partial charge in [-0.15, -0.1) is 48.1 Å². The number of hydrogen-bond donors (Lipinski definition) is 0. The minimum atomic E-state index is -0.378. The Hall–Kier alpha value is -6.42. The van der Waals surface area contributed by atoms with E-state index in [1.807, 2.05) is 18.3 Å². The Morgan fingerprint density at radius 1 is 0.513 bits per heavy atom. The predicted molar refractivity (Wildman–Crippen MR) is 320 cm³/mol. The van der Waals surface area contributed by atoms with Gasteiger partial charge in [0.15, 0.2) is 0 Å². The average molecular weight is 1210 g/mol. The van der Waals surface area contributed by atoms with E-state index in [0.29, 0.717) is 11.5 Å². The summed E-state index contributed by atoms with van der Waals surface area (Å²) in [6.45, 7) is 29.6. The molecule has 0 amide bonds. The summed E-state index contributed by atoms with van der Waals surface area (Å²) in [5, 5.41) is 2.25. The summed E-state index contributed by atoms with van der Waals surface area (Å²) in [5.41, 5.74) is 11.9. The Morgan fingerprint density at radius 3 is 1.60 bits per heavy atom. The van der Waals surface area contributed by atoms with Gasteiger partial charge in [0, 0.05) is 72.2 Å². The maximum absolute atomic E-state index is 6.86. The minimum Gasteiger partial charge on any atom is -0.509 e. The number of para-hydroxylation sites is 4. The molecule has 0 N–H and O–H groups in total. The third-order valence-electron chi connectivity index (χ3n) is 19.0. The van der Waals surface area contributed by atoms with Crippen LogP contribution < -0.4 is 14.5 Å². The first-order chi connectivity index (χ1) is 36.8. The van der Waals surface area contributed by atoms with Crippen molar-refractivity contribution in [2.75, 3.05) is 9.80 Å². The Morgan fingerprint density at radius 2 is 1.03 bits per heavy atom. The van der Waals surface area contributed by atoms with Crippen molar-refractivity contribution in [3.05, 3.63) is 223 Å². The molecule has 3 heterocycles. The number of nitrogens with zero attached hydrogens (tertiary/aromatic N) is 4. The van der Waals surface area contributed by atoms with E-state index < -0.39 is 0 Å². The van der Waals surface area contributed by atoms with Gasteiger partial charge in [0.05, 0.1) is 0 Å². The van der Waals surface area contributed by atoms with E-state index in [1.165, 1.54) is 46.3 Å². The van der Waals surface area contributed by atoms with Gasteiger partial charge in [-0.2, -0.15) is 12.1 Å². The summed E-state index contributed by atoms with van der Waals surface area (Å²) in [6.07, 6.45) is 8.79. The molecule has 7 aromatic carbocycles. The van der Waals surface area contributed by atoms with Gasteiger partial charge in [-0.3, -0.25) is 0 Å². The Bertz CT molecular complexity index is 3540. The summed E-state index contributed by atoms with van der Waals surface area (Å²) in [6, 6.07) is 70.4. The summed E-state index contributed by atoms with van der Waals surface area (Å²) in [4.78, 5) is 9.84. The Labute approximate surface area is 479 Å². The maximum atomic E-state index is 6.86. The van der Waals surface area contributed by atoms with Crippen LogP contribution in [0.5, 0.6) is 11.5 Å². The van der Waals surface area contributed by atoms with E-state index in [4.69, 9.17) is 9.72 Å². The van der Waals surface area contributed by atoms with Crippen molar-refractivity contribution in [3.8, 4) is 17.3 Å². The van der Waals surface area contributed by atoms with Crippen molar-refractivity contribution in [3.63, 3.8) is 0 Å². The molecule has 2 saturated carbocycles. The molecular weight excluding hydrogens is 1130 g/mol. The van der Waals surface area contributed by atoms with Crippen LogP contribution in [0.2, 0.25) is 0 Å². The number of anilines is 4. The molecule has 0 unspecified atom stereocenters. The van der Waals surface area contributed by atoms with Crippen molar-refractivity contribution in [1.29, 1.82) is 0 Å². The molecule has 0 bridgehead atoms. The van der Waals surface area contributed by atoms with Gasteiger partial charge >= 0.3 is 0 Å². The quantitative estimate of drug-likeness (QED) is 0.135. The molecular formula is C72H75N4OPt-3. The third-order valence-corrected chi connectivity index (χ3v) is 19.0. The van der Waals surface area contributed by atoms with Crippen molar-refractivity contribution >= 4 is 44.6 Å². The van der Waals surface area contributed by atoms with Crippen LogP contribution in [-0.2, 0) is 37.3 Å². The first-order valence-corrected chi connectivity index (χ1v) is 28.2. The van der Waals surface area contributed by atoms with E-state index in [0.717, 1.165) is 70.4 Å². The second kappa shape index (κ2) is 19.4. The smallest absolute Gasteiger partial charge is 0.135 e. The number of hydrogen-bond acceptors (Lipinski definition) is 4. The van der Waals surface area contributed by atoms with E-state index in [9.17, 15) is 0 Å². The molecule has 78 heavy (non-hydrogen) atoms. The minimum absolute atomic E-state index is 0. The number of aromatic nitrogens is 2. The second-order valence-electron chi connectivity index (χ2n) is 26.1. The van der Waals surface area contributed by atoms with Crippen LogP contribution in [0.25, 0.3) is 27.6 Å². The van der Waals surface area contributed by atoms with Crippen LogP contribution in [0.3, 0.4) is 0 Å². The average Bonchev–Trinajstić information content (AvgIpc) is 3.10. The monoisotopic (exact) mass is 1210 g/mol. The van der Waals surface area contributed by atoms with Crippen LogP contribution >= 0.6 is 0 Å². The van der Waals surface area contributed by atoms with Crippen LogP contribution in [0, 0.1) is 40.5 Å². The SMILES string of the molecule is CC(C)(C)c1ccnc(-n2c3[c-]c(Oc4[c-]c(N5[CH-]N(c6c(C7(c8ccccc8)C(C)(C)CCCC7(C)C)cccc6C6(c7ccccc7)C(C)(C)CCCC6(C)C)c6ccccc65)ccc4)ccc3c3ccccc32)c1.[Pt]. The number of ether oxygens (including phenoxy) is 1. The van der Waals surface area contributed by atoms with Gasteiger partial charge in [0.1, 0.15) is 5.82 Å². The summed E-state index contributed by atoms with van der Waals surface area (Å²) in [7, 11) is 0. The molecule has 0 saturated heterocycles. The molecule has 6 heteroatoms. The van der Waals surface area contributed by atoms with Gasteiger partial charge in [-0.05, 0) is 116 Å². The van der Waals surface area contributed by atoms with Gasteiger partial charge in [0.25, 0.3) is 0 Å². The largest absolute Gasteiger partial charge is 0.509 e. The number of pyridine rings is 1. The predicted octanol–water partition coefficient (Wildman–Crippen LogP) is 19.3. The molecule has 9 aromatic rings. The zero-order valence-corrected chi connectivity index (χ0v) is 49.8. The molecule has 0 radical (unpaired) electrons. The zero-order valence-electron chi connectivity index (χ0n) is 47.6. The number of fused-ring (bicyclic) bond motifs is 4. The van der Waals surface area contributed by atoms with E-state index >= 15 is 0 Å². The third kappa shape index (κ3) is 8.13. The van der Waals surface area contributed by atoms with Gasteiger partial charge < -0.3 is 19.1 Å². The molecule has 2 aliphatic carbocycles. The topological polar surface area (TPSA) is 33.5 Å². The van der Waals surface area contributed by atoms with E-state index in [1.54, 1.807) is 0 Å². The molecule has 2 aromatic heterocycles. The molecule has 3 aliphatic rings. The van der Waals surface area contributed by atoms with Crippen molar-refractivity contribution in [2.24, 2.45) is 21.7 Å². The van der Waals surface area contributed by atoms with Gasteiger partial charge in [-0.25, -0.2) is 4.98 Å². The summed E-state index contributed by atoms with van der Waals surface area (Å²) in [5.74, 6) is 2.08. The van der Waals surface area contributed by atoms with Crippen LogP contribution in [0.4, 0.5) is 22.7 Å². The fourth-order valence-electron chi connectivity index (χ4n) is 16.1. The van der Waals surface area contributed by atoms with Gasteiger partial charge in [-0.1, -0.05) is 204 Å². The molecule has 5 nitrogen and oxygen atoms in total. The summed E-state index contributed by atoms with van der Waals surface area (Å²) < 4.78 is 9.09. The van der Waals surface area contributed by atoms with Crippen molar-refractivity contribution in [1.82, 2.24) is 9.55 Å². The van der Waals surface area contributed by atoms with Crippen LogP contribution in [0.15, 0.2) is 176 Å². The van der Waals surface area contributed by atoms with E-state index in [2.05, 4.69) is 267 Å². The summed E-state index contributed by atoms with van der Waals surface area (Å²) >= 11 is 0. The molecule has 12 rings (SSSR count). The van der Waals surface area contributed by atoms with Crippen molar-refractivity contribution in [2.45, 2.75) is 131 Å². The Balaban J connectivity index is 0.00000645. The molecule has 2 fully saturated rings. The normalized spacial score (nSPS) is 18.8. The fourth-order valence-corrected chi connectivity index (χ4v) is 16.1. The first kappa shape index (κ1) is 53.6. The zero-order chi connectivity index (χ0) is 53.8. The number of rotatable bonds is 9. The van der Waals surface area contributed by atoms with Crippen molar-refractivity contribution < 1.29 is 25.8 Å². The maximum Gasteiger partial charge on any atom is 0.135 e. The fraction of sp³-hybridized carbons (Fsp3) is 0.333. The first-order valence-electron chi connectivity index (χ1n) is 28.2.